The smallest absolute Gasteiger partial charge is 0.124 e. The van der Waals surface area contributed by atoms with Gasteiger partial charge in [0.1, 0.15) is 5.75 Å². The summed E-state index contributed by atoms with van der Waals surface area (Å²) in [5.74, 6) is 1.60. The van der Waals surface area contributed by atoms with Gasteiger partial charge in [0.25, 0.3) is 0 Å². The SMILES string of the molecule is CC(C)CCOc1ccccc1[C@@H](C)N. The van der Waals surface area contributed by atoms with Crippen molar-refractivity contribution >= 4 is 0 Å². The highest BCUT2D eigenvalue weighted by atomic mass is 16.5. The predicted octanol–water partition coefficient (Wildman–Crippen LogP) is 3.13. The third-order valence-corrected chi connectivity index (χ3v) is 2.36. The first-order chi connectivity index (χ1) is 7.11. The Morgan fingerprint density at radius 3 is 2.47 bits per heavy atom. The van der Waals surface area contributed by atoms with Crippen molar-refractivity contribution in [1.82, 2.24) is 0 Å². The normalized spacial score (nSPS) is 12.9. The van der Waals surface area contributed by atoms with Crippen LogP contribution in [0.1, 0.15) is 38.8 Å². The summed E-state index contributed by atoms with van der Waals surface area (Å²) in [6, 6.07) is 8.01. The van der Waals surface area contributed by atoms with Crippen LogP contribution in [-0.4, -0.2) is 6.61 Å². The maximum atomic E-state index is 5.87. The maximum absolute atomic E-state index is 5.87. The van der Waals surface area contributed by atoms with Gasteiger partial charge >= 0.3 is 0 Å². The second kappa shape index (κ2) is 5.76. The molecule has 2 nitrogen and oxygen atoms in total. The first kappa shape index (κ1) is 12.1. The van der Waals surface area contributed by atoms with Crippen molar-refractivity contribution in [2.24, 2.45) is 11.7 Å². The van der Waals surface area contributed by atoms with E-state index in [4.69, 9.17) is 10.5 Å². The molecule has 1 atom stereocenters. The lowest BCUT2D eigenvalue weighted by molar-refractivity contribution is 0.286. The van der Waals surface area contributed by atoms with E-state index in [0.29, 0.717) is 5.92 Å². The number of para-hydroxylation sites is 1. The highest BCUT2D eigenvalue weighted by Gasteiger charge is 2.06. The molecule has 2 N–H and O–H groups in total. The van der Waals surface area contributed by atoms with Gasteiger partial charge in [-0.3, -0.25) is 0 Å². The van der Waals surface area contributed by atoms with E-state index in [0.717, 1.165) is 24.3 Å². The molecule has 0 heterocycles. The van der Waals surface area contributed by atoms with Gasteiger partial charge in [-0.2, -0.15) is 0 Å². The Hall–Kier alpha value is -1.02. The predicted molar refractivity (Wildman–Crippen MR) is 64.0 cm³/mol. The van der Waals surface area contributed by atoms with Gasteiger partial charge in [0.2, 0.25) is 0 Å². The van der Waals surface area contributed by atoms with E-state index in [1.165, 1.54) is 0 Å². The van der Waals surface area contributed by atoms with Crippen LogP contribution in [0.5, 0.6) is 5.75 Å². The zero-order valence-corrected chi connectivity index (χ0v) is 9.86. The number of hydrogen-bond donors (Lipinski definition) is 1. The molecule has 0 aliphatic heterocycles. The molecule has 0 fully saturated rings. The van der Waals surface area contributed by atoms with Crippen molar-refractivity contribution in [2.75, 3.05) is 6.61 Å². The molecule has 84 valence electrons. The molecule has 0 amide bonds. The third kappa shape index (κ3) is 3.92. The van der Waals surface area contributed by atoms with Gasteiger partial charge in [-0.15, -0.1) is 0 Å². The number of ether oxygens (including phenoxy) is 1. The molecular formula is C13H21NO. The van der Waals surface area contributed by atoms with Crippen LogP contribution in [0.3, 0.4) is 0 Å². The minimum Gasteiger partial charge on any atom is -0.493 e. The molecule has 0 saturated heterocycles. The Morgan fingerprint density at radius 1 is 1.20 bits per heavy atom. The summed E-state index contributed by atoms with van der Waals surface area (Å²) in [5, 5.41) is 0. The van der Waals surface area contributed by atoms with Gasteiger partial charge in [0.15, 0.2) is 0 Å². The van der Waals surface area contributed by atoms with Gasteiger partial charge in [0, 0.05) is 11.6 Å². The second-order valence-electron chi connectivity index (χ2n) is 4.36. The molecule has 0 aliphatic rings. The molecule has 0 bridgehead atoms. The van der Waals surface area contributed by atoms with Crippen molar-refractivity contribution in [3.8, 4) is 5.75 Å². The van der Waals surface area contributed by atoms with E-state index in [9.17, 15) is 0 Å². The van der Waals surface area contributed by atoms with Gasteiger partial charge < -0.3 is 10.5 Å². The lowest BCUT2D eigenvalue weighted by Gasteiger charge is -2.14. The zero-order chi connectivity index (χ0) is 11.3. The van der Waals surface area contributed by atoms with Gasteiger partial charge in [-0.1, -0.05) is 32.0 Å². The standard InChI is InChI=1S/C13H21NO/c1-10(2)8-9-15-13-7-5-4-6-12(13)11(3)14/h4-7,10-11H,8-9,14H2,1-3H3/t11-/m1/s1. The van der Waals surface area contributed by atoms with Crippen molar-refractivity contribution in [1.29, 1.82) is 0 Å². The van der Waals surface area contributed by atoms with Crippen LogP contribution in [0.4, 0.5) is 0 Å². The monoisotopic (exact) mass is 207 g/mol. The zero-order valence-electron chi connectivity index (χ0n) is 9.86. The van der Waals surface area contributed by atoms with Gasteiger partial charge in [-0.25, -0.2) is 0 Å². The molecule has 1 rings (SSSR count). The van der Waals surface area contributed by atoms with Crippen LogP contribution in [0, 0.1) is 5.92 Å². The van der Waals surface area contributed by atoms with Crippen molar-refractivity contribution in [3.05, 3.63) is 29.8 Å². The van der Waals surface area contributed by atoms with Crippen LogP contribution in [0.25, 0.3) is 0 Å². The summed E-state index contributed by atoms with van der Waals surface area (Å²) in [6.07, 6.45) is 1.08. The maximum Gasteiger partial charge on any atom is 0.124 e. The minimum atomic E-state index is 0.0280. The van der Waals surface area contributed by atoms with E-state index < -0.39 is 0 Å². The van der Waals surface area contributed by atoms with E-state index in [2.05, 4.69) is 13.8 Å². The van der Waals surface area contributed by atoms with Crippen LogP contribution >= 0.6 is 0 Å². The molecule has 0 spiro atoms. The topological polar surface area (TPSA) is 35.2 Å². The van der Waals surface area contributed by atoms with Crippen molar-refractivity contribution in [2.45, 2.75) is 33.2 Å². The molecule has 1 aromatic carbocycles. The molecule has 1 aromatic rings. The fraction of sp³-hybridized carbons (Fsp3) is 0.538. The Morgan fingerprint density at radius 2 is 1.87 bits per heavy atom. The van der Waals surface area contributed by atoms with Crippen LogP contribution in [0.15, 0.2) is 24.3 Å². The Kier molecular flexibility index (Phi) is 4.63. The molecule has 15 heavy (non-hydrogen) atoms. The van der Waals surface area contributed by atoms with Gasteiger partial charge in [0.05, 0.1) is 6.61 Å². The quantitative estimate of drug-likeness (QED) is 0.805. The molecule has 2 heteroatoms. The lowest BCUT2D eigenvalue weighted by atomic mass is 10.1. The summed E-state index contributed by atoms with van der Waals surface area (Å²) < 4.78 is 5.73. The summed E-state index contributed by atoms with van der Waals surface area (Å²) in [7, 11) is 0. The number of rotatable bonds is 5. The number of nitrogens with two attached hydrogens (primary N) is 1. The van der Waals surface area contributed by atoms with Crippen molar-refractivity contribution < 1.29 is 4.74 Å². The van der Waals surface area contributed by atoms with Crippen LogP contribution < -0.4 is 10.5 Å². The lowest BCUT2D eigenvalue weighted by Crippen LogP contribution is -2.09. The average Bonchev–Trinajstić information content (AvgIpc) is 2.17. The fourth-order valence-corrected chi connectivity index (χ4v) is 1.39. The third-order valence-electron chi connectivity index (χ3n) is 2.36. The van der Waals surface area contributed by atoms with Crippen LogP contribution in [-0.2, 0) is 0 Å². The number of benzene rings is 1. The summed E-state index contributed by atoms with van der Waals surface area (Å²) in [4.78, 5) is 0. The first-order valence-corrected chi connectivity index (χ1v) is 5.58. The van der Waals surface area contributed by atoms with Gasteiger partial charge in [-0.05, 0) is 25.3 Å². The van der Waals surface area contributed by atoms with E-state index in [1.54, 1.807) is 0 Å². The Labute approximate surface area is 92.4 Å². The molecule has 0 unspecified atom stereocenters. The van der Waals surface area contributed by atoms with Crippen molar-refractivity contribution in [3.63, 3.8) is 0 Å². The van der Waals surface area contributed by atoms with E-state index in [1.807, 2.05) is 31.2 Å². The molecular weight excluding hydrogens is 186 g/mol. The van der Waals surface area contributed by atoms with Crippen LogP contribution in [0.2, 0.25) is 0 Å². The summed E-state index contributed by atoms with van der Waals surface area (Å²) >= 11 is 0. The Bertz CT molecular complexity index is 294. The molecule has 0 radical (unpaired) electrons. The average molecular weight is 207 g/mol. The Balaban J connectivity index is 2.59. The fourth-order valence-electron chi connectivity index (χ4n) is 1.39. The molecule has 0 saturated carbocycles. The summed E-state index contributed by atoms with van der Waals surface area (Å²) in [5.41, 5.74) is 6.95. The minimum absolute atomic E-state index is 0.0280. The number of hydrogen-bond acceptors (Lipinski definition) is 2. The van der Waals surface area contributed by atoms with E-state index >= 15 is 0 Å². The summed E-state index contributed by atoms with van der Waals surface area (Å²) in [6.45, 7) is 7.13. The molecule has 0 aliphatic carbocycles. The highest BCUT2D eigenvalue weighted by Crippen LogP contribution is 2.23. The molecule has 0 aromatic heterocycles. The second-order valence-corrected chi connectivity index (χ2v) is 4.36. The highest BCUT2D eigenvalue weighted by molar-refractivity contribution is 5.35. The van der Waals surface area contributed by atoms with E-state index in [-0.39, 0.29) is 6.04 Å². The largest absolute Gasteiger partial charge is 0.493 e. The first-order valence-electron chi connectivity index (χ1n) is 5.58.